The largest absolute Gasteiger partial charge is 0.510 e. The van der Waals surface area contributed by atoms with E-state index in [1.165, 1.54) is 6.92 Å². The number of carbonyl (C=O) groups is 1. The zero-order valence-electron chi connectivity index (χ0n) is 4.77. The smallest absolute Gasteiger partial charge is 0.424 e. The van der Waals surface area contributed by atoms with Crippen molar-refractivity contribution in [2.45, 2.75) is 12.5 Å². The second kappa shape index (κ2) is 5.10. The van der Waals surface area contributed by atoms with Crippen molar-refractivity contribution in [3.63, 3.8) is 0 Å². The molecule has 1 atom stereocenters. The third-order valence-electron chi connectivity index (χ3n) is 0.431. The summed E-state index contributed by atoms with van der Waals surface area (Å²) >= 11 is 7.17. The molecule has 0 fully saturated rings. The summed E-state index contributed by atoms with van der Waals surface area (Å²) < 4.78 is 9.06. The predicted molar refractivity (Wildman–Crippen MR) is 41.8 cm³/mol. The molecular formula is C4H6ClIO3. The highest BCUT2D eigenvalue weighted by Gasteiger charge is 2.05. The molecule has 9 heavy (non-hydrogen) atoms. The minimum Gasteiger partial charge on any atom is -0.424 e. The zero-order valence-corrected chi connectivity index (χ0v) is 7.68. The van der Waals surface area contributed by atoms with Crippen LogP contribution in [-0.4, -0.2) is 16.3 Å². The first kappa shape index (κ1) is 9.29. The lowest BCUT2D eigenvalue weighted by Crippen LogP contribution is -2.10. The van der Waals surface area contributed by atoms with Gasteiger partial charge in [0.15, 0.2) is 5.56 Å². The van der Waals surface area contributed by atoms with Crippen molar-refractivity contribution in [3.05, 3.63) is 0 Å². The van der Waals surface area contributed by atoms with E-state index >= 15 is 0 Å². The number of hydrogen-bond acceptors (Lipinski definition) is 3. The van der Waals surface area contributed by atoms with Crippen LogP contribution in [0.1, 0.15) is 6.92 Å². The van der Waals surface area contributed by atoms with E-state index in [9.17, 15) is 4.79 Å². The number of carbonyl (C=O) groups excluding carboxylic acids is 1. The van der Waals surface area contributed by atoms with Gasteiger partial charge < -0.3 is 9.47 Å². The van der Waals surface area contributed by atoms with E-state index in [0.717, 1.165) is 0 Å². The van der Waals surface area contributed by atoms with Crippen molar-refractivity contribution in [2.75, 3.05) is 4.61 Å². The molecule has 0 amide bonds. The van der Waals surface area contributed by atoms with Gasteiger partial charge in [-0.15, -0.1) is 0 Å². The van der Waals surface area contributed by atoms with E-state index in [1.54, 1.807) is 0 Å². The molecule has 0 spiro atoms. The molecule has 0 aliphatic carbocycles. The van der Waals surface area contributed by atoms with Crippen molar-refractivity contribution >= 4 is 40.3 Å². The fourth-order valence-electron chi connectivity index (χ4n) is 0.211. The van der Waals surface area contributed by atoms with Crippen LogP contribution in [0.3, 0.4) is 0 Å². The van der Waals surface area contributed by atoms with Crippen molar-refractivity contribution < 1.29 is 14.3 Å². The Hall–Kier alpha value is 0.290. The van der Waals surface area contributed by atoms with Crippen LogP contribution in [-0.2, 0) is 9.47 Å². The van der Waals surface area contributed by atoms with E-state index in [-0.39, 0.29) is 4.61 Å². The molecule has 0 aromatic rings. The summed E-state index contributed by atoms with van der Waals surface area (Å²) in [4.78, 5) is 10.3. The molecule has 5 heteroatoms. The molecular weight excluding hydrogens is 258 g/mol. The van der Waals surface area contributed by atoms with Crippen LogP contribution < -0.4 is 0 Å². The number of alkyl halides is 2. The van der Waals surface area contributed by atoms with Crippen LogP contribution in [0.4, 0.5) is 4.79 Å². The maximum absolute atomic E-state index is 10.3. The standard InChI is InChI=1S/C4H6ClIO3/c1-3(5)9-4(7)8-2-6/h3H,2H2,1H3. The monoisotopic (exact) mass is 264 g/mol. The number of rotatable bonds is 2. The fraction of sp³-hybridized carbons (Fsp3) is 0.750. The van der Waals surface area contributed by atoms with E-state index < -0.39 is 11.7 Å². The quantitative estimate of drug-likeness (QED) is 0.435. The van der Waals surface area contributed by atoms with Crippen molar-refractivity contribution in [1.29, 1.82) is 0 Å². The normalized spacial score (nSPS) is 12.3. The summed E-state index contributed by atoms with van der Waals surface area (Å²) in [5, 5.41) is 0. The molecule has 0 saturated heterocycles. The Morgan fingerprint density at radius 2 is 2.44 bits per heavy atom. The summed E-state index contributed by atoms with van der Waals surface area (Å²) in [6.07, 6.45) is -0.730. The van der Waals surface area contributed by atoms with Crippen LogP contribution in [0.5, 0.6) is 0 Å². The van der Waals surface area contributed by atoms with Gasteiger partial charge in [0.2, 0.25) is 0 Å². The van der Waals surface area contributed by atoms with E-state index in [4.69, 9.17) is 11.6 Å². The predicted octanol–water partition coefficient (Wildman–Crippen LogP) is 2.12. The van der Waals surface area contributed by atoms with Gasteiger partial charge in [0.1, 0.15) is 4.61 Å². The maximum atomic E-state index is 10.3. The Bertz CT molecular complexity index is 95.8. The lowest BCUT2D eigenvalue weighted by molar-refractivity contribution is 0.0647. The summed E-state index contributed by atoms with van der Waals surface area (Å²) in [5.74, 6) is 0. The highest BCUT2D eigenvalue weighted by atomic mass is 127. The first-order valence-corrected chi connectivity index (χ1v) is 4.16. The minimum absolute atomic E-state index is 0.278. The summed E-state index contributed by atoms with van der Waals surface area (Å²) in [5.41, 5.74) is -0.625. The van der Waals surface area contributed by atoms with Crippen LogP contribution in [0, 0.1) is 0 Å². The zero-order chi connectivity index (χ0) is 7.28. The second-order valence-electron chi connectivity index (χ2n) is 1.16. The number of halogens is 2. The van der Waals surface area contributed by atoms with E-state index in [1.807, 2.05) is 22.6 Å². The van der Waals surface area contributed by atoms with Gasteiger partial charge in [-0.1, -0.05) is 11.6 Å². The van der Waals surface area contributed by atoms with Gasteiger partial charge in [-0.25, -0.2) is 4.79 Å². The van der Waals surface area contributed by atoms with Crippen LogP contribution in [0.25, 0.3) is 0 Å². The molecule has 0 saturated carbocycles. The van der Waals surface area contributed by atoms with Gasteiger partial charge in [0.05, 0.1) is 0 Å². The van der Waals surface area contributed by atoms with Crippen molar-refractivity contribution in [2.24, 2.45) is 0 Å². The van der Waals surface area contributed by atoms with Gasteiger partial charge in [0, 0.05) is 0 Å². The van der Waals surface area contributed by atoms with Crippen LogP contribution >= 0.6 is 34.2 Å². The van der Waals surface area contributed by atoms with Crippen molar-refractivity contribution in [1.82, 2.24) is 0 Å². The van der Waals surface area contributed by atoms with Crippen molar-refractivity contribution in [3.8, 4) is 0 Å². The lowest BCUT2D eigenvalue weighted by Gasteiger charge is -2.03. The maximum Gasteiger partial charge on any atom is 0.510 e. The number of hydrogen-bond donors (Lipinski definition) is 0. The SMILES string of the molecule is CC(Cl)OC(=O)OCI. The molecule has 0 radical (unpaired) electrons. The van der Waals surface area contributed by atoms with Gasteiger partial charge in [-0.3, -0.25) is 0 Å². The molecule has 0 heterocycles. The molecule has 0 N–H and O–H groups in total. The van der Waals surface area contributed by atoms with Crippen LogP contribution in [0.15, 0.2) is 0 Å². The topological polar surface area (TPSA) is 35.5 Å². The van der Waals surface area contributed by atoms with Gasteiger partial charge in [0.25, 0.3) is 0 Å². The third-order valence-corrected chi connectivity index (χ3v) is 0.832. The molecule has 3 nitrogen and oxygen atoms in total. The molecule has 1 unspecified atom stereocenters. The Morgan fingerprint density at radius 3 is 2.78 bits per heavy atom. The number of ether oxygens (including phenoxy) is 2. The second-order valence-corrected chi connectivity index (χ2v) is 2.40. The molecule has 0 bridgehead atoms. The third kappa shape index (κ3) is 6.17. The summed E-state index contributed by atoms with van der Waals surface area (Å²) in [7, 11) is 0. The summed E-state index contributed by atoms with van der Waals surface area (Å²) in [6, 6.07) is 0. The van der Waals surface area contributed by atoms with Gasteiger partial charge in [-0.05, 0) is 29.5 Å². The first-order chi connectivity index (χ1) is 4.16. The summed E-state index contributed by atoms with van der Waals surface area (Å²) in [6.45, 7) is 1.54. The minimum atomic E-state index is -0.730. The molecule has 0 aliphatic heterocycles. The molecule has 0 aromatic carbocycles. The Kier molecular flexibility index (Phi) is 5.27. The van der Waals surface area contributed by atoms with Gasteiger partial charge in [-0.2, -0.15) is 0 Å². The van der Waals surface area contributed by atoms with E-state index in [0.29, 0.717) is 0 Å². The lowest BCUT2D eigenvalue weighted by atomic mass is 10.9. The Balaban J connectivity index is 3.27. The average Bonchev–Trinajstić information content (AvgIpc) is 1.63. The van der Waals surface area contributed by atoms with Crippen LogP contribution in [0.2, 0.25) is 0 Å². The highest BCUT2D eigenvalue weighted by Crippen LogP contribution is 1.98. The fourth-order valence-corrected chi connectivity index (χ4v) is 0.538. The molecule has 54 valence electrons. The Labute approximate surface area is 71.8 Å². The average molecular weight is 264 g/mol. The molecule has 0 aromatic heterocycles. The first-order valence-electron chi connectivity index (χ1n) is 2.20. The van der Waals surface area contributed by atoms with Gasteiger partial charge >= 0.3 is 6.16 Å². The molecule has 0 aliphatic rings. The highest BCUT2D eigenvalue weighted by molar-refractivity contribution is 14.1. The van der Waals surface area contributed by atoms with E-state index in [2.05, 4.69) is 9.47 Å². The Morgan fingerprint density at radius 1 is 1.89 bits per heavy atom. The molecule has 0 rings (SSSR count).